The molecule has 0 amide bonds. The summed E-state index contributed by atoms with van der Waals surface area (Å²) in [7, 11) is 0. The van der Waals surface area contributed by atoms with Gasteiger partial charge in [0.05, 0.1) is 11.9 Å². The fourth-order valence-corrected chi connectivity index (χ4v) is 1.77. The van der Waals surface area contributed by atoms with E-state index in [-0.39, 0.29) is 24.7 Å². The van der Waals surface area contributed by atoms with Crippen molar-refractivity contribution in [2.45, 2.75) is 24.2 Å². The predicted octanol–water partition coefficient (Wildman–Crippen LogP) is 1.99. The number of rotatable bonds is 8. The molecule has 0 saturated heterocycles. The summed E-state index contributed by atoms with van der Waals surface area (Å²) in [5.41, 5.74) is 0.924. The molecule has 1 aromatic rings. The summed E-state index contributed by atoms with van der Waals surface area (Å²) in [6.07, 6.45) is -1.41. The van der Waals surface area contributed by atoms with Gasteiger partial charge in [-0.05, 0) is 12.0 Å². The molecule has 19 heavy (non-hydrogen) atoms. The van der Waals surface area contributed by atoms with Crippen molar-refractivity contribution in [1.29, 1.82) is 0 Å². The zero-order valence-electron chi connectivity index (χ0n) is 10.2. The normalized spacial score (nSPS) is 13.7. The molecule has 0 spiro atoms. The van der Waals surface area contributed by atoms with Crippen molar-refractivity contribution in [2.75, 3.05) is 6.61 Å². The number of carboxylic acids is 2. The standard InChI is InChI=1S/C13H16O5S/c14-12(15)7-6-10(13(16)17)18-8-11(19)9-4-2-1-3-5-9/h1-5,10-11,19H,6-8H2,(H,14,15)(H,16,17). The molecule has 0 aromatic heterocycles. The molecule has 0 aliphatic carbocycles. The molecule has 1 aromatic carbocycles. The minimum atomic E-state index is -1.16. The zero-order chi connectivity index (χ0) is 14.3. The molecule has 0 radical (unpaired) electrons. The SMILES string of the molecule is O=C(O)CCC(OCC(S)c1ccccc1)C(=O)O. The molecule has 104 valence electrons. The third-order valence-electron chi connectivity index (χ3n) is 2.54. The van der Waals surface area contributed by atoms with Gasteiger partial charge in [-0.15, -0.1) is 0 Å². The van der Waals surface area contributed by atoms with Gasteiger partial charge in [0.2, 0.25) is 0 Å². The van der Waals surface area contributed by atoms with Gasteiger partial charge in [0.1, 0.15) is 0 Å². The second kappa shape index (κ2) is 7.81. The Morgan fingerprint density at radius 1 is 1.21 bits per heavy atom. The molecule has 0 heterocycles. The molecule has 1 rings (SSSR count). The van der Waals surface area contributed by atoms with Crippen LogP contribution in [0, 0.1) is 0 Å². The summed E-state index contributed by atoms with van der Waals surface area (Å²) in [4.78, 5) is 21.3. The number of thiol groups is 1. The lowest BCUT2D eigenvalue weighted by molar-refractivity contribution is -0.151. The summed E-state index contributed by atoms with van der Waals surface area (Å²) in [5, 5.41) is 17.2. The van der Waals surface area contributed by atoms with Crippen LogP contribution in [0.3, 0.4) is 0 Å². The zero-order valence-corrected chi connectivity index (χ0v) is 11.1. The molecule has 2 N–H and O–H groups in total. The van der Waals surface area contributed by atoms with Gasteiger partial charge in [-0.25, -0.2) is 4.79 Å². The first-order valence-electron chi connectivity index (χ1n) is 5.80. The monoisotopic (exact) mass is 284 g/mol. The van der Waals surface area contributed by atoms with Gasteiger partial charge in [-0.3, -0.25) is 4.79 Å². The van der Waals surface area contributed by atoms with Crippen LogP contribution in [0.1, 0.15) is 23.7 Å². The molecule has 0 aliphatic rings. The van der Waals surface area contributed by atoms with Gasteiger partial charge < -0.3 is 14.9 Å². The van der Waals surface area contributed by atoms with Crippen molar-refractivity contribution in [3.63, 3.8) is 0 Å². The number of carboxylic acid groups (broad SMARTS) is 2. The number of hydrogen-bond donors (Lipinski definition) is 3. The fraction of sp³-hybridized carbons (Fsp3) is 0.385. The molecule has 5 nitrogen and oxygen atoms in total. The lowest BCUT2D eigenvalue weighted by atomic mass is 10.1. The Kier molecular flexibility index (Phi) is 6.38. The average molecular weight is 284 g/mol. The van der Waals surface area contributed by atoms with Crippen LogP contribution in [-0.4, -0.2) is 34.9 Å². The molecule has 6 heteroatoms. The highest BCUT2D eigenvalue weighted by molar-refractivity contribution is 7.80. The first kappa shape index (κ1) is 15.5. The van der Waals surface area contributed by atoms with Crippen molar-refractivity contribution < 1.29 is 24.5 Å². The van der Waals surface area contributed by atoms with E-state index in [1.54, 1.807) is 0 Å². The highest BCUT2D eigenvalue weighted by Crippen LogP contribution is 2.20. The smallest absolute Gasteiger partial charge is 0.332 e. The number of carbonyl (C=O) groups is 2. The van der Waals surface area contributed by atoms with Crippen LogP contribution >= 0.6 is 12.6 Å². The predicted molar refractivity (Wildman–Crippen MR) is 72.4 cm³/mol. The molecular weight excluding hydrogens is 268 g/mol. The summed E-state index contributed by atoms with van der Waals surface area (Å²) in [6, 6.07) is 9.33. The molecule has 0 saturated carbocycles. The van der Waals surface area contributed by atoms with E-state index in [1.807, 2.05) is 30.3 Å². The van der Waals surface area contributed by atoms with Crippen LogP contribution in [-0.2, 0) is 14.3 Å². The lowest BCUT2D eigenvalue weighted by Crippen LogP contribution is -2.26. The van der Waals surface area contributed by atoms with Gasteiger partial charge >= 0.3 is 11.9 Å². The summed E-state index contributed by atoms with van der Waals surface area (Å²) in [6.45, 7) is 0.115. The van der Waals surface area contributed by atoms with Crippen LogP contribution in [0.5, 0.6) is 0 Å². The second-order valence-corrected chi connectivity index (χ2v) is 4.64. The Balaban J connectivity index is 2.47. The first-order chi connectivity index (χ1) is 9.00. The van der Waals surface area contributed by atoms with Crippen molar-refractivity contribution in [3.8, 4) is 0 Å². The Labute approximate surface area is 116 Å². The maximum absolute atomic E-state index is 10.9. The van der Waals surface area contributed by atoms with E-state index < -0.39 is 18.0 Å². The van der Waals surface area contributed by atoms with E-state index in [9.17, 15) is 9.59 Å². The third-order valence-corrected chi connectivity index (χ3v) is 2.98. The maximum Gasteiger partial charge on any atom is 0.332 e. The van der Waals surface area contributed by atoms with Crippen LogP contribution < -0.4 is 0 Å². The van der Waals surface area contributed by atoms with Crippen molar-refractivity contribution in [1.82, 2.24) is 0 Å². The molecule has 0 fully saturated rings. The second-order valence-electron chi connectivity index (χ2n) is 4.02. The van der Waals surface area contributed by atoms with Gasteiger partial charge in [-0.2, -0.15) is 12.6 Å². The van der Waals surface area contributed by atoms with Crippen molar-refractivity contribution in [2.24, 2.45) is 0 Å². The van der Waals surface area contributed by atoms with Crippen LogP contribution in [0.15, 0.2) is 30.3 Å². The fourth-order valence-electron chi connectivity index (χ4n) is 1.51. The summed E-state index contributed by atoms with van der Waals surface area (Å²) >= 11 is 4.34. The third kappa shape index (κ3) is 5.76. The van der Waals surface area contributed by atoms with E-state index in [0.717, 1.165) is 5.56 Å². The van der Waals surface area contributed by atoms with E-state index in [1.165, 1.54) is 0 Å². The number of aliphatic carboxylic acids is 2. The molecule has 2 unspecified atom stereocenters. The highest BCUT2D eigenvalue weighted by Gasteiger charge is 2.20. The van der Waals surface area contributed by atoms with E-state index in [2.05, 4.69) is 12.6 Å². The number of ether oxygens (including phenoxy) is 1. The maximum atomic E-state index is 10.9. The van der Waals surface area contributed by atoms with E-state index in [0.29, 0.717) is 0 Å². The van der Waals surface area contributed by atoms with E-state index in [4.69, 9.17) is 14.9 Å². The minimum Gasteiger partial charge on any atom is -0.481 e. The number of benzene rings is 1. The van der Waals surface area contributed by atoms with E-state index >= 15 is 0 Å². The Morgan fingerprint density at radius 2 is 1.84 bits per heavy atom. The van der Waals surface area contributed by atoms with Crippen LogP contribution in [0.25, 0.3) is 0 Å². The van der Waals surface area contributed by atoms with Gasteiger partial charge in [0.25, 0.3) is 0 Å². The van der Waals surface area contributed by atoms with Gasteiger partial charge in [-0.1, -0.05) is 30.3 Å². The quantitative estimate of drug-likeness (QED) is 0.636. The molecular formula is C13H16O5S. The molecule has 2 atom stereocenters. The molecule has 0 aliphatic heterocycles. The van der Waals surface area contributed by atoms with Crippen molar-refractivity contribution >= 4 is 24.6 Å². The highest BCUT2D eigenvalue weighted by atomic mass is 32.1. The minimum absolute atomic E-state index is 0.0556. The van der Waals surface area contributed by atoms with Gasteiger partial charge in [0.15, 0.2) is 6.10 Å². The van der Waals surface area contributed by atoms with Gasteiger partial charge in [0, 0.05) is 6.42 Å². The Morgan fingerprint density at radius 3 is 2.37 bits per heavy atom. The van der Waals surface area contributed by atoms with Crippen LogP contribution in [0.4, 0.5) is 0 Å². The average Bonchev–Trinajstić information content (AvgIpc) is 2.38. The molecule has 0 bridgehead atoms. The summed E-state index contributed by atoms with van der Waals surface area (Å²) < 4.78 is 5.23. The van der Waals surface area contributed by atoms with Crippen molar-refractivity contribution in [3.05, 3.63) is 35.9 Å². The first-order valence-corrected chi connectivity index (χ1v) is 6.31. The van der Waals surface area contributed by atoms with Crippen LogP contribution in [0.2, 0.25) is 0 Å². The Bertz CT molecular complexity index is 420. The Hall–Kier alpha value is -1.53. The topological polar surface area (TPSA) is 83.8 Å². The lowest BCUT2D eigenvalue weighted by Gasteiger charge is -2.16. The summed E-state index contributed by atoms with van der Waals surface area (Å²) in [5.74, 6) is -2.20. The largest absolute Gasteiger partial charge is 0.481 e. The number of hydrogen-bond acceptors (Lipinski definition) is 4.